The van der Waals surface area contributed by atoms with Crippen LogP contribution in [0.4, 0.5) is 0 Å². The fourth-order valence-electron chi connectivity index (χ4n) is 1.21. The van der Waals surface area contributed by atoms with Crippen LogP contribution in [0.15, 0.2) is 24.3 Å². The Labute approximate surface area is 102 Å². The van der Waals surface area contributed by atoms with Crippen molar-refractivity contribution >= 4 is 5.97 Å². The van der Waals surface area contributed by atoms with Gasteiger partial charge in [0.15, 0.2) is 0 Å². The number of benzene rings is 1. The molecule has 1 rings (SSSR count). The van der Waals surface area contributed by atoms with E-state index in [2.05, 4.69) is 10.2 Å². The Morgan fingerprint density at radius 1 is 1.24 bits per heavy atom. The number of nitrogens with one attached hydrogen (secondary N) is 1. The monoisotopic (exact) mass is 237 g/mol. The largest absolute Gasteiger partial charge is 0.465 e. The number of carbonyl (C=O) groups is 1. The molecule has 0 fully saturated rings. The summed E-state index contributed by atoms with van der Waals surface area (Å²) in [7, 11) is 1.37. The van der Waals surface area contributed by atoms with Crippen LogP contribution in [-0.4, -0.2) is 18.7 Å². The number of hydroxylamine groups is 1. The average Bonchev–Trinajstić information content (AvgIpc) is 2.27. The summed E-state index contributed by atoms with van der Waals surface area (Å²) < 4.78 is 4.62. The zero-order valence-electron chi connectivity index (χ0n) is 10.7. The van der Waals surface area contributed by atoms with Crippen LogP contribution < -0.4 is 5.48 Å². The molecule has 0 aliphatic rings. The van der Waals surface area contributed by atoms with Crippen molar-refractivity contribution in [2.75, 3.05) is 7.11 Å². The standard InChI is InChI=1S/C13H19NO3/c1-13(2,3)17-14-9-10-5-7-11(8-6-10)12(15)16-4/h5-8,14H,9H2,1-4H3. The van der Waals surface area contributed by atoms with Crippen molar-refractivity contribution in [3.63, 3.8) is 0 Å². The Morgan fingerprint density at radius 3 is 2.29 bits per heavy atom. The predicted octanol–water partition coefficient (Wildman–Crippen LogP) is 2.29. The smallest absolute Gasteiger partial charge is 0.337 e. The number of methoxy groups -OCH3 is 1. The summed E-state index contributed by atoms with van der Waals surface area (Å²) in [6.45, 7) is 6.51. The molecule has 0 saturated carbocycles. The molecule has 1 N–H and O–H groups in total. The minimum atomic E-state index is -0.324. The van der Waals surface area contributed by atoms with E-state index in [1.807, 2.05) is 32.9 Å². The van der Waals surface area contributed by atoms with Gasteiger partial charge in [-0.2, -0.15) is 5.48 Å². The fraction of sp³-hybridized carbons (Fsp3) is 0.462. The van der Waals surface area contributed by atoms with Crippen LogP contribution in [0.3, 0.4) is 0 Å². The molecular formula is C13H19NO3. The van der Waals surface area contributed by atoms with Crippen molar-refractivity contribution < 1.29 is 14.4 Å². The Kier molecular flexibility index (Phi) is 4.66. The molecule has 0 saturated heterocycles. The van der Waals surface area contributed by atoms with Gasteiger partial charge in [0, 0.05) is 6.54 Å². The minimum absolute atomic E-state index is 0.216. The Hall–Kier alpha value is -1.39. The Morgan fingerprint density at radius 2 is 1.82 bits per heavy atom. The number of hydrogen-bond acceptors (Lipinski definition) is 4. The van der Waals surface area contributed by atoms with Crippen LogP contribution in [0, 0.1) is 0 Å². The number of ether oxygens (including phenoxy) is 1. The van der Waals surface area contributed by atoms with E-state index in [9.17, 15) is 4.79 Å². The van der Waals surface area contributed by atoms with E-state index in [0.717, 1.165) is 5.56 Å². The molecule has 4 heteroatoms. The van der Waals surface area contributed by atoms with Crippen LogP contribution in [0.5, 0.6) is 0 Å². The van der Waals surface area contributed by atoms with Gasteiger partial charge in [0.25, 0.3) is 0 Å². The molecule has 0 atom stereocenters. The molecule has 94 valence electrons. The number of hydrogen-bond donors (Lipinski definition) is 1. The first kappa shape index (κ1) is 13.7. The van der Waals surface area contributed by atoms with Crippen molar-refractivity contribution in [2.45, 2.75) is 32.9 Å². The van der Waals surface area contributed by atoms with Crippen molar-refractivity contribution in [3.05, 3.63) is 35.4 Å². The van der Waals surface area contributed by atoms with Crippen molar-refractivity contribution in [1.29, 1.82) is 0 Å². The van der Waals surface area contributed by atoms with Crippen molar-refractivity contribution in [3.8, 4) is 0 Å². The molecule has 0 bridgehead atoms. The van der Waals surface area contributed by atoms with E-state index in [4.69, 9.17) is 4.84 Å². The molecule has 0 aliphatic heterocycles. The van der Waals surface area contributed by atoms with Crippen LogP contribution in [-0.2, 0) is 16.1 Å². The van der Waals surface area contributed by atoms with E-state index in [0.29, 0.717) is 12.1 Å². The first-order valence-corrected chi connectivity index (χ1v) is 5.50. The third-order valence-electron chi connectivity index (χ3n) is 2.03. The fourth-order valence-corrected chi connectivity index (χ4v) is 1.21. The third-order valence-corrected chi connectivity index (χ3v) is 2.03. The number of esters is 1. The molecule has 0 aliphatic carbocycles. The highest BCUT2D eigenvalue weighted by atomic mass is 16.7. The average molecular weight is 237 g/mol. The molecular weight excluding hydrogens is 218 g/mol. The van der Waals surface area contributed by atoms with Crippen LogP contribution in [0.1, 0.15) is 36.7 Å². The highest BCUT2D eigenvalue weighted by Crippen LogP contribution is 2.07. The number of rotatable bonds is 4. The lowest BCUT2D eigenvalue weighted by Crippen LogP contribution is -2.28. The SMILES string of the molecule is COC(=O)c1ccc(CNOC(C)(C)C)cc1. The van der Waals surface area contributed by atoms with Crippen LogP contribution >= 0.6 is 0 Å². The van der Waals surface area contributed by atoms with Gasteiger partial charge in [-0.1, -0.05) is 12.1 Å². The first-order valence-electron chi connectivity index (χ1n) is 5.50. The molecule has 0 heterocycles. The summed E-state index contributed by atoms with van der Waals surface area (Å²) >= 11 is 0. The van der Waals surface area contributed by atoms with Gasteiger partial charge in [0.05, 0.1) is 18.3 Å². The van der Waals surface area contributed by atoms with Crippen molar-refractivity contribution in [1.82, 2.24) is 5.48 Å². The molecule has 0 spiro atoms. The molecule has 0 unspecified atom stereocenters. The second-order valence-electron chi connectivity index (χ2n) is 4.72. The van der Waals surface area contributed by atoms with E-state index in [1.165, 1.54) is 7.11 Å². The molecule has 1 aromatic rings. The highest BCUT2D eigenvalue weighted by molar-refractivity contribution is 5.89. The molecule has 4 nitrogen and oxygen atoms in total. The van der Waals surface area contributed by atoms with E-state index in [-0.39, 0.29) is 11.6 Å². The van der Waals surface area contributed by atoms with Gasteiger partial charge in [0.2, 0.25) is 0 Å². The molecule has 0 aromatic heterocycles. The molecule has 17 heavy (non-hydrogen) atoms. The van der Waals surface area contributed by atoms with Gasteiger partial charge in [-0.3, -0.25) is 4.84 Å². The lowest BCUT2D eigenvalue weighted by Gasteiger charge is -2.19. The summed E-state index contributed by atoms with van der Waals surface area (Å²) in [5, 5.41) is 0. The molecule has 0 radical (unpaired) electrons. The lowest BCUT2D eigenvalue weighted by atomic mass is 10.1. The third kappa shape index (κ3) is 4.97. The normalized spacial score (nSPS) is 11.3. The topological polar surface area (TPSA) is 47.6 Å². The second-order valence-corrected chi connectivity index (χ2v) is 4.72. The van der Waals surface area contributed by atoms with E-state index >= 15 is 0 Å². The summed E-state index contributed by atoms with van der Waals surface area (Å²) in [6.07, 6.45) is 0. The van der Waals surface area contributed by atoms with Crippen LogP contribution in [0.25, 0.3) is 0 Å². The molecule has 1 aromatic carbocycles. The Bertz CT molecular complexity index is 365. The van der Waals surface area contributed by atoms with E-state index in [1.54, 1.807) is 12.1 Å². The quantitative estimate of drug-likeness (QED) is 0.644. The molecule has 0 amide bonds. The van der Waals surface area contributed by atoms with Gasteiger partial charge >= 0.3 is 5.97 Å². The summed E-state index contributed by atoms with van der Waals surface area (Å²) in [4.78, 5) is 16.6. The van der Waals surface area contributed by atoms with Gasteiger partial charge in [-0.15, -0.1) is 0 Å². The summed E-state index contributed by atoms with van der Waals surface area (Å²) in [5.41, 5.74) is 4.26. The van der Waals surface area contributed by atoms with Gasteiger partial charge in [-0.05, 0) is 38.5 Å². The van der Waals surface area contributed by atoms with Gasteiger partial charge < -0.3 is 4.74 Å². The maximum atomic E-state index is 11.2. The Balaban J connectivity index is 2.49. The predicted molar refractivity (Wildman–Crippen MR) is 65.5 cm³/mol. The van der Waals surface area contributed by atoms with Crippen molar-refractivity contribution in [2.24, 2.45) is 0 Å². The second kappa shape index (κ2) is 5.80. The summed E-state index contributed by atoms with van der Waals surface area (Å²) in [5.74, 6) is -0.324. The van der Waals surface area contributed by atoms with Gasteiger partial charge in [0.1, 0.15) is 0 Å². The maximum Gasteiger partial charge on any atom is 0.337 e. The first-order chi connectivity index (χ1) is 7.92. The van der Waals surface area contributed by atoms with Gasteiger partial charge in [-0.25, -0.2) is 4.79 Å². The van der Waals surface area contributed by atoms with Crippen LogP contribution in [0.2, 0.25) is 0 Å². The number of carbonyl (C=O) groups excluding carboxylic acids is 1. The highest BCUT2D eigenvalue weighted by Gasteiger charge is 2.10. The lowest BCUT2D eigenvalue weighted by molar-refractivity contribution is -0.0757. The summed E-state index contributed by atoms with van der Waals surface area (Å²) in [6, 6.07) is 7.20. The zero-order chi connectivity index (χ0) is 12.9. The zero-order valence-corrected chi connectivity index (χ0v) is 10.7. The minimum Gasteiger partial charge on any atom is -0.465 e. The maximum absolute atomic E-state index is 11.2. The van der Waals surface area contributed by atoms with E-state index < -0.39 is 0 Å².